The Kier molecular flexibility index (Phi) is 5.25. The van der Waals surface area contributed by atoms with Crippen molar-refractivity contribution in [1.29, 1.82) is 0 Å². The molecule has 0 saturated heterocycles. The lowest BCUT2D eigenvalue weighted by Gasteiger charge is -2.13. The van der Waals surface area contributed by atoms with Gasteiger partial charge in [0.05, 0.1) is 17.3 Å². The highest BCUT2D eigenvalue weighted by Crippen LogP contribution is 2.44. The van der Waals surface area contributed by atoms with E-state index in [2.05, 4.69) is 0 Å². The first-order valence-corrected chi connectivity index (χ1v) is 11.4. The van der Waals surface area contributed by atoms with Crippen LogP contribution in [0.1, 0.15) is 17.7 Å². The standard InChI is InChI=1S/C18H18O7S2/c1-2-24-17(19)11-25-15-10-6-9-14-16(12-26(20,21)18(14)15)27(22,23)13-7-4-3-5-8-13/h3-10,16H,2,11-12H2,1H3. The Morgan fingerprint density at radius 1 is 1.11 bits per heavy atom. The number of hydrogen-bond acceptors (Lipinski definition) is 7. The van der Waals surface area contributed by atoms with Gasteiger partial charge in [0.2, 0.25) is 0 Å². The van der Waals surface area contributed by atoms with Crippen molar-refractivity contribution < 1.29 is 31.1 Å². The minimum atomic E-state index is -3.91. The molecule has 144 valence electrons. The molecule has 0 bridgehead atoms. The normalized spacial score (nSPS) is 17.9. The lowest BCUT2D eigenvalue weighted by atomic mass is 10.1. The fraction of sp³-hybridized carbons (Fsp3) is 0.278. The van der Waals surface area contributed by atoms with Crippen LogP contribution in [0.2, 0.25) is 0 Å². The van der Waals surface area contributed by atoms with Crippen LogP contribution in [-0.2, 0) is 29.2 Å². The second-order valence-electron chi connectivity index (χ2n) is 5.90. The highest BCUT2D eigenvalue weighted by atomic mass is 32.2. The molecule has 1 aliphatic rings. The van der Waals surface area contributed by atoms with E-state index in [1.807, 2.05) is 0 Å². The van der Waals surface area contributed by atoms with Crippen molar-refractivity contribution in [3.05, 3.63) is 54.1 Å². The maximum absolute atomic E-state index is 13.0. The van der Waals surface area contributed by atoms with E-state index >= 15 is 0 Å². The Morgan fingerprint density at radius 3 is 2.48 bits per heavy atom. The topological polar surface area (TPSA) is 104 Å². The predicted molar refractivity (Wildman–Crippen MR) is 97.0 cm³/mol. The number of esters is 1. The SMILES string of the molecule is CCOC(=O)COc1cccc2c1S(=O)(=O)CC2S(=O)(=O)c1ccccc1. The number of ether oxygens (including phenoxy) is 2. The second-order valence-corrected chi connectivity index (χ2v) is 10.00. The van der Waals surface area contributed by atoms with Crippen LogP contribution in [0.3, 0.4) is 0 Å². The van der Waals surface area contributed by atoms with Gasteiger partial charge in [-0.25, -0.2) is 21.6 Å². The zero-order chi connectivity index (χ0) is 19.7. The van der Waals surface area contributed by atoms with Crippen molar-refractivity contribution in [2.24, 2.45) is 0 Å². The molecule has 0 N–H and O–H groups in total. The molecule has 0 amide bonds. The van der Waals surface area contributed by atoms with Crippen LogP contribution in [0.15, 0.2) is 58.3 Å². The van der Waals surface area contributed by atoms with Crippen LogP contribution < -0.4 is 4.74 Å². The summed E-state index contributed by atoms with van der Waals surface area (Å²) >= 11 is 0. The first-order valence-electron chi connectivity index (χ1n) is 8.20. The molecule has 0 aromatic heterocycles. The zero-order valence-corrected chi connectivity index (χ0v) is 16.1. The Balaban J connectivity index is 2.02. The molecule has 1 aliphatic heterocycles. The van der Waals surface area contributed by atoms with Gasteiger partial charge in [-0.2, -0.15) is 0 Å². The number of fused-ring (bicyclic) bond motifs is 1. The molecule has 1 unspecified atom stereocenters. The smallest absolute Gasteiger partial charge is 0.344 e. The van der Waals surface area contributed by atoms with Crippen LogP contribution in [-0.4, -0.2) is 41.8 Å². The average molecular weight is 410 g/mol. The third-order valence-electron chi connectivity index (χ3n) is 4.14. The summed E-state index contributed by atoms with van der Waals surface area (Å²) in [6.07, 6.45) is 0. The van der Waals surface area contributed by atoms with E-state index in [0.717, 1.165) is 0 Å². The van der Waals surface area contributed by atoms with Gasteiger partial charge in [0.15, 0.2) is 26.3 Å². The van der Waals surface area contributed by atoms with Gasteiger partial charge >= 0.3 is 5.97 Å². The maximum Gasteiger partial charge on any atom is 0.344 e. The van der Waals surface area contributed by atoms with E-state index in [1.54, 1.807) is 25.1 Å². The van der Waals surface area contributed by atoms with Crippen LogP contribution in [0.25, 0.3) is 0 Å². The van der Waals surface area contributed by atoms with E-state index in [4.69, 9.17) is 9.47 Å². The van der Waals surface area contributed by atoms with Gasteiger partial charge in [0.1, 0.15) is 15.9 Å². The predicted octanol–water partition coefficient (Wildman–Crippen LogP) is 1.93. The molecule has 2 aromatic carbocycles. The molecule has 0 fully saturated rings. The van der Waals surface area contributed by atoms with Gasteiger partial charge in [-0.15, -0.1) is 0 Å². The molecule has 9 heteroatoms. The van der Waals surface area contributed by atoms with Gasteiger partial charge in [0.25, 0.3) is 0 Å². The Morgan fingerprint density at radius 2 is 1.81 bits per heavy atom. The van der Waals surface area contributed by atoms with Crippen molar-refractivity contribution in [1.82, 2.24) is 0 Å². The molecule has 2 aromatic rings. The van der Waals surface area contributed by atoms with E-state index < -0.39 is 43.3 Å². The van der Waals surface area contributed by atoms with Gasteiger partial charge in [-0.05, 0) is 30.7 Å². The summed E-state index contributed by atoms with van der Waals surface area (Å²) in [6, 6.07) is 12.1. The second kappa shape index (κ2) is 7.32. The van der Waals surface area contributed by atoms with Crippen molar-refractivity contribution in [3.63, 3.8) is 0 Å². The van der Waals surface area contributed by atoms with Crippen LogP contribution in [0.4, 0.5) is 0 Å². The lowest BCUT2D eigenvalue weighted by Crippen LogP contribution is -2.15. The summed E-state index contributed by atoms with van der Waals surface area (Å²) < 4.78 is 61.4. The molecule has 0 saturated carbocycles. The largest absolute Gasteiger partial charge is 0.481 e. The first kappa shape index (κ1) is 19.4. The molecule has 0 spiro atoms. The van der Waals surface area contributed by atoms with E-state index in [9.17, 15) is 21.6 Å². The maximum atomic E-state index is 13.0. The summed E-state index contributed by atoms with van der Waals surface area (Å²) in [6.45, 7) is 1.35. The Bertz CT molecular complexity index is 1060. The summed E-state index contributed by atoms with van der Waals surface area (Å²) in [7, 11) is -7.80. The van der Waals surface area contributed by atoms with Gasteiger partial charge in [-0.1, -0.05) is 30.3 Å². The summed E-state index contributed by atoms with van der Waals surface area (Å²) in [5.74, 6) is -1.26. The van der Waals surface area contributed by atoms with Crippen molar-refractivity contribution in [2.45, 2.75) is 22.0 Å². The summed E-state index contributed by atoms with van der Waals surface area (Å²) in [5.41, 5.74) is 0.153. The van der Waals surface area contributed by atoms with Gasteiger partial charge in [0, 0.05) is 0 Å². The number of rotatable bonds is 6. The molecular weight excluding hydrogens is 392 g/mol. The zero-order valence-electron chi connectivity index (χ0n) is 14.5. The van der Waals surface area contributed by atoms with E-state index in [-0.39, 0.29) is 27.7 Å². The van der Waals surface area contributed by atoms with Crippen LogP contribution in [0, 0.1) is 0 Å². The average Bonchev–Trinajstić information content (AvgIpc) is 2.93. The third-order valence-corrected chi connectivity index (χ3v) is 8.28. The highest BCUT2D eigenvalue weighted by molar-refractivity contribution is 7.96. The number of carbonyl (C=O) groups is 1. The highest BCUT2D eigenvalue weighted by Gasteiger charge is 2.44. The minimum absolute atomic E-state index is 0.0497. The molecule has 0 aliphatic carbocycles. The van der Waals surface area contributed by atoms with Crippen molar-refractivity contribution in [3.8, 4) is 5.75 Å². The molecule has 27 heavy (non-hydrogen) atoms. The molecule has 1 heterocycles. The number of hydrogen-bond donors (Lipinski definition) is 0. The van der Waals surface area contributed by atoms with Gasteiger partial charge in [-0.3, -0.25) is 0 Å². The number of sulfone groups is 2. The van der Waals surface area contributed by atoms with Crippen LogP contribution in [0.5, 0.6) is 5.75 Å². The summed E-state index contributed by atoms with van der Waals surface area (Å²) in [5, 5.41) is -1.23. The monoisotopic (exact) mass is 410 g/mol. The fourth-order valence-corrected chi connectivity index (χ4v) is 7.45. The fourth-order valence-electron chi connectivity index (χ4n) is 2.98. The molecule has 1 atom stereocenters. The Labute approximate surface area is 157 Å². The van der Waals surface area contributed by atoms with Crippen molar-refractivity contribution in [2.75, 3.05) is 19.0 Å². The van der Waals surface area contributed by atoms with E-state index in [0.29, 0.717) is 0 Å². The molecule has 0 radical (unpaired) electrons. The number of carbonyl (C=O) groups excluding carboxylic acids is 1. The molecule has 3 rings (SSSR count). The van der Waals surface area contributed by atoms with Crippen LogP contribution >= 0.6 is 0 Å². The first-order chi connectivity index (χ1) is 12.8. The van der Waals surface area contributed by atoms with Gasteiger partial charge < -0.3 is 9.47 Å². The van der Waals surface area contributed by atoms with E-state index in [1.165, 1.54) is 30.3 Å². The minimum Gasteiger partial charge on any atom is -0.481 e. The quantitative estimate of drug-likeness (QED) is 0.670. The Hall–Kier alpha value is -2.39. The number of benzene rings is 2. The van der Waals surface area contributed by atoms with Crippen molar-refractivity contribution >= 4 is 25.6 Å². The molecule has 7 nitrogen and oxygen atoms in total. The summed E-state index contributed by atoms with van der Waals surface area (Å²) in [4.78, 5) is 11.4. The lowest BCUT2D eigenvalue weighted by molar-refractivity contribution is -0.145. The third kappa shape index (κ3) is 3.70. The molecular formula is C18H18O7S2.